The molecular weight excluding hydrogens is 513 g/mol. The standard InChI is InChI=1S/C30H36N3O3PS/c1-24(34)32-28(30(2,3)38-33-36)29(35)31-22-14-7-15-23-37(25-16-8-4-9-17-25,26-18-10-5-11-19-26)27-20-12-6-13-21-27/h4-6,8-13,16-21,28H,7,14-15,22-23H2,1-3H3,(H-,31,32,34,35)/p+1. The Kier molecular flexibility index (Phi) is 11.1. The first-order chi connectivity index (χ1) is 18.3. The lowest BCUT2D eigenvalue weighted by Gasteiger charge is -2.30. The summed E-state index contributed by atoms with van der Waals surface area (Å²) in [6.07, 6.45) is 3.81. The Balaban J connectivity index is 1.70. The second-order valence-electron chi connectivity index (χ2n) is 9.79. The van der Waals surface area contributed by atoms with Crippen LogP contribution in [-0.2, 0) is 9.59 Å². The predicted molar refractivity (Wildman–Crippen MR) is 162 cm³/mol. The fourth-order valence-electron chi connectivity index (χ4n) is 4.75. The topological polar surface area (TPSA) is 87.6 Å². The summed E-state index contributed by atoms with van der Waals surface area (Å²) in [6, 6.07) is 31.6. The lowest BCUT2D eigenvalue weighted by atomic mass is 10.0. The summed E-state index contributed by atoms with van der Waals surface area (Å²) in [5.41, 5.74) is 0. The van der Waals surface area contributed by atoms with E-state index in [0.29, 0.717) is 6.54 Å². The third-order valence-corrected chi connectivity index (χ3v) is 11.9. The number of amides is 2. The highest BCUT2D eigenvalue weighted by Crippen LogP contribution is 2.55. The zero-order valence-electron chi connectivity index (χ0n) is 22.3. The van der Waals surface area contributed by atoms with Gasteiger partial charge in [0.25, 0.3) is 0 Å². The van der Waals surface area contributed by atoms with Crippen LogP contribution in [0.5, 0.6) is 0 Å². The monoisotopic (exact) mass is 550 g/mol. The molecule has 0 saturated heterocycles. The van der Waals surface area contributed by atoms with E-state index < -0.39 is 18.1 Å². The van der Waals surface area contributed by atoms with Crippen LogP contribution in [0.1, 0.15) is 40.0 Å². The molecule has 0 spiro atoms. The second kappa shape index (κ2) is 14.2. The number of hydrogen-bond donors (Lipinski definition) is 2. The molecule has 0 aliphatic heterocycles. The van der Waals surface area contributed by atoms with Gasteiger partial charge >= 0.3 is 0 Å². The Bertz CT molecular complexity index is 1080. The molecule has 3 rings (SSSR count). The van der Waals surface area contributed by atoms with Crippen molar-refractivity contribution >= 4 is 46.9 Å². The van der Waals surface area contributed by atoms with Crippen LogP contribution in [0.2, 0.25) is 0 Å². The Morgan fingerprint density at radius 2 is 1.29 bits per heavy atom. The van der Waals surface area contributed by atoms with Crippen LogP contribution in [0.3, 0.4) is 0 Å². The lowest BCUT2D eigenvalue weighted by Crippen LogP contribution is -2.56. The Labute approximate surface area is 230 Å². The fraction of sp³-hybridized carbons (Fsp3) is 0.333. The first-order valence-corrected chi connectivity index (χ1v) is 15.7. The summed E-state index contributed by atoms with van der Waals surface area (Å²) >= 11 is 0.753. The van der Waals surface area contributed by atoms with Crippen molar-refractivity contribution in [3.05, 3.63) is 95.9 Å². The van der Waals surface area contributed by atoms with Crippen molar-refractivity contribution in [2.45, 2.75) is 50.8 Å². The molecule has 2 amide bonds. The number of nitrogens with zero attached hydrogens (tertiary/aromatic N) is 1. The van der Waals surface area contributed by atoms with Gasteiger partial charge in [0.2, 0.25) is 11.8 Å². The van der Waals surface area contributed by atoms with Crippen LogP contribution in [-0.4, -0.2) is 35.3 Å². The molecule has 0 heterocycles. The average molecular weight is 551 g/mol. The van der Waals surface area contributed by atoms with Crippen molar-refractivity contribution in [1.29, 1.82) is 0 Å². The minimum atomic E-state index is -1.86. The van der Waals surface area contributed by atoms with Crippen LogP contribution in [0.25, 0.3) is 0 Å². The molecule has 200 valence electrons. The quantitative estimate of drug-likeness (QED) is 0.129. The maximum absolute atomic E-state index is 12.9. The number of hydrogen-bond acceptors (Lipinski definition) is 5. The molecular formula is C30H37N3O3PS+. The molecule has 0 bridgehead atoms. The molecule has 0 aliphatic carbocycles. The maximum Gasteiger partial charge on any atom is 0.244 e. The number of nitroso groups, excluding NO2 is 1. The minimum Gasteiger partial charge on any atom is -0.354 e. The van der Waals surface area contributed by atoms with E-state index in [0.717, 1.165) is 37.4 Å². The smallest absolute Gasteiger partial charge is 0.244 e. The third kappa shape index (κ3) is 7.52. The number of benzene rings is 3. The van der Waals surface area contributed by atoms with Gasteiger partial charge < -0.3 is 10.6 Å². The van der Waals surface area contributed by atoms with E-state index in [1.54, 1.807) is 13.8 Å². The summed E-state index contributed by atoms with van der Waals surface area (Å²) in [5.74, 6) is -0.631. The number of carbonyl (C=O) groups excluding carboxylic acids is 2. The first-order valence-electron chi connectivity index (χ1n) is 12.9. The van der Waals surface area contributed by atoms with E-state index >= 15 is 0 Å². The van der Waals surface area contributed by atoms with Crippen LogP contribution in [0.15, 0.2) is 95.6 Å². The van der Waals surface area contributed by atoms with Gasteiger partial charge in [-0.15, -0.1) is 4.91 Å². The highest BCUT2D eigenvalue weighted by Gasteiger charge is 2.44. The van der Waals surface area contributed by atoms with Crippen LogP contribution in [0, 0.1) is 4.91 Å². The summed E-state index contributed by atoms with van der Waals surface area (Å²) in [4.78, 5) is 35.4. The molecule has 3 aromatic carbocycles. The molecule has 1 unspecified atom stereocenters. The van der Waals surface area contributed by atoms with Crippen LogP contribution < -0.4 is 26.5 Å². The van der Waals surface area contributed by atoms with E-state index in [-0.39, 0.29) is 11.8 Å². The number of carbonyl (C=O) groups is 2. The molecule has 6 nitrogen and oxygen atoms in total. The van der Waals surface area contributed by atoms with Gasteiger partial charge in [0.1, 0.15) is 29.2 Å². The maximum atomic E-state index is 12.9. The second-order valence-corrected chi connectivity index (χ2v) is 14.8. The molecule has 0 fully saturated rings. The number of rotatable bonds is 14. The van der Waals surface area contributed by atoms with Crippen molar-refractivity contribution in [3.8, 4) is 0 Å². The zero-order chi connectivity index (χ0) is 27.4. The fourth-order valence-corrected chi connectivity index (χ4v) is 9.63. The van der Waals surface area contributed by atoms with E-state index in [4.69, 9.17) is 0 Å². The zero-order valence-corrected chi connectivity index (χ0v) is 24.0. The van der Waals surface area contributed by atoms with E-state index in [2.05, 4.69) is 106 Å². The molecule has 0 aliphatic rings. The molecule has 2 N–H and O–H groups in total. The normalized spacial score (nSPS) is 12.4. The summed E-state index contributed by atoms with van der Waals surface area (Å²) < 4.78 is 2.02. The lowest BCUT2D eigenvalue weighted by molar-refractivity contribution is -0.128. The van der Waals surface area contributed by atoms with E-state index in [1.165, 1.54) is 22.8 Å². The van der Waals surface area contributed by atoms with Gasteiger partial charge in [0.15, 0.2) is 0 Å². The average Bonchev–Trinajstić information content (AvgIpc) is 2.92. The largest absolute Gasteiger partial charge is 0.354 e. The summed E-state index contributed by atoms with van der Waals surface area (Å²) in [6.45, 7) is 5.30. The minimum absolute atomic E-state index is 0.305. The summed E-state index contributed by atoms with van der Waals surface area (Å²) in [5, 5.41) is 9.71. The molecule has 3 aromatic rings. The van der Waals surface area contributed by atoms with Crippen molar-refractivity contribution in [2.24, 2.45) is 4.58 Å². The van der Waals surface area contributed by atoms with Gasteiger partial charge in [-0.3, -0.25) is 9.59 Å². The third-order valence-electron chi connectivity index (χ3n) is 6.64. The van der Waals surface area contributed by atoms with Gasteiger partial charge in [-0.05, 0) is 69.5 Å². The Hall–Kier alpha value is -3.02. The van der Waals surface area contributed by atoms with E-state index in [1.807, 2.05) is 0 Å². The van der Waals surface area contributed by atoms with Crippen molar-refractivity contribution in [3.63, 3.8) is 0 Å². The summed E-state index contributed by atoms with van der Waals surface area (Å²) in [7, 11) is -1.86. The Morgan fingerprint density at radius 3 is 1.71 bits per heavy atom. The first kappa shape index (κ1) is 29.5. The van der Waals surface area contributed by atoms with Crippen molar-refractivity contribution in [2.75, 3.05) is 12.7 Å². The van der Waals surface area contributed by atoms with Crippen LogP contribution >= 0.6 is 19.2 Å². The highest BCUT2D eigenvalue weighted by molar-refractivity contribution is 7.99. The number of unbranched alkanes of at least 4 members (excludes halogenated alkanes) is 2. The van der Waals surface area contributed by atoms with Gasteiger partial charge in [-0.2, -0.15) is 0 Å². The molecule has 0 aromatic heterocycles. The molecule has 38 heavy (non-hydrogen) atoms. The molecule has 0 radical (unpaired) electrons. The van der Waals surface area contributed by atoms with Gasteiger partial charge in [0.05, 0.1) is 10.9 Å². The van der Waals surface area contributed by atoms with E-state index in [9.17, 15) is 14.5 Å². The predicted octanol–water partition coefficient (Wildman–Crippen LogP) is 4.96. The molecule has 0 saturated carbocycles. The number of nitrogens with one attached hydrogen (secondary N) is 2. The van der Waals surface area contributed by atoms with Gasteiger partial charge in [-0.25, -0.2) is 0 Å². The van der Waals surface area contributed by atoms with Crippen molar-refractivity contribution in [1.82, 2.24) is 10.6 Å². The molecule has 1 atom stereocenters. The van der Waals surface area contributed by atoms with Crippen molar-refractivity contribution < 1.29 is 9.59 Å². The SMILES string of the molecule is CC(=O)NC(C(=O)NCCCCC[P+](c1ccccc1)(c1ccccc1)c1ccccc1)C(C)(C)SN=O. The van der Waals surface area contributed by atoms with Crippen LogP contribution in [0.4, 0.5) is 0 Å². The van der Waals surface area contributed by atoms with Gasteiger partial charge in [-0.1, -0.05) is 54.6 Å². The molecule has 8 heteroatoms. The Morgan fingerprint density at radius 1 is 0.816 bits per heavy atom. The highest BCUT2D eigenvalue weighted by atomic mass is 32.2. The van der Waals surface area contributed by atoms with Gasteiger partial charge in [0, 0.05) is 30.0 Å².